The number of piperidine rings is 1. The van der Waals surface area contributed by atoms with Crippen molar-refractivity contribution in [2.75, 3.05) is 26.2 Å². The van der Waals surface area contributed by atoms with Crippen LogP contribution in [0, 0.1) is 0 Å². The highest BCUT2D eigenvalue weighted by atomic mass is 32.2. The third-order valence-corrected chi connectivity index (χ3v) is 7.51. The van der Waals surface area contributed by atoms with Crippen LogP contribution >= 0.6 is 0 Å². The number of ether oxygens (including phenoxy) is 1. The molecule has 29 heavy (non-hydrogen) atoms. The van der Waals surface area contributed by atoms with Gasteiger partial charge in [-0.25, -0.2) is 13.2 Å². The molecule has 0 N–H and O–H groups in total. The largest absolute Gasteiger partial charge is 0.449 e. The van der Waals surface area contributed by atoms with Crippen molar-refractivity contribution >= 4 is 21.9 Å². The third-order valence-electron chi connectivity index (χ3n) is 5.59. The van der Waals surface area contributed by atoms with E-state index in [1.165, 1.54) is 28.6 Å². The second kappa shape index (κ2) is 9.71. The molecule has 0 aromatic heterocycles. The zero-order valence-electron chi connectivity index (χ0n) is 17.0. The molecule has 1 aromatic rings. The Kier molecular flexibility index (Phi) is 7.29. The molecule has 1 amide bonds. The molecule has 3 rings (SSSR count). The molecule has 7 nitrogen and oxygen atoms in total. The van der Waals surface area contributed by atoms with Crippen molar-refractivity contribution in [3.63, 3.8) is 0 Å². The Morgan fingerprint density at radius 1 is 0.862 bits per heavy atom. The van der Waals surface area contributed by atoms with Crippen LogP contribution in [0.1, 0.15) is 62.2 Å². The molecule has 1 atom stereocenters. The normalized spacial score (nSPS) is 20.0. The van der Waals surface area contributed by atoms with Crippen molar-refractivity contribution in [1.29, 1.82) is 0 Å². The number of sulfonamides is 1. The lowest BCUT2D eigenvalue weighted by molar-refractivity contribution is -0.140. The summed E-state index contributed by atoms with van der Waals surface area (Å²) in [4.78, 5) is 26.7. The summed E-state index contributed by atoms with van der Waals surface area (Å²) in [6.07, 6.45) is 6.03. The monoisotopic (exact) mass is 422 g/mol. The number of likely N-dealkylation sites (tertiary alicyclic amines) is 1. The van der Waals surface area contributed by atoms with Gasteiger partial charge in [0.2, 0.25) is 10.0 Å². The van der Waals surface area contributed by atoms with Crippen LogP contribution in [0.4, 0.5) is 0 Å². The van der Waals surface area contributed by atoms with Gasteiger partial charge in [0.25, 0.3) is 5.91 Å². The van der Waals surface area contributed by atoms with E-state index in [0.29, 0.717) is 26.2 Å². The lowest BCUT2D eigenvalue weighted by Gasteiger charge is -2.28. The SMILES string of the molecule is C[C@H](OC(=O)c1ccc(S(=O)(=O)N2CCCCCC2)cc1)C(=O)N1CCCCC1. The Bertz CT molecular complexity index is 808. The quantitative estimate of drug-likeness (QED) is 0.682. The Morgan fingerprint density at radius 3 is 1.97 bits per heavy atom. The summed E-state index contributed by atoms with van der Waals surface area (Å²) in [7, 11) is -3.56. The van der Waals surface area contributed by atoms with Gasteiger partial charge in [-0.05, 0) is 63.3 Å². The summed E-state index contributed by atoms with van der Waals surface area (Å²) in [5.41, 5.74) is 0.234. The maximum Gasteiger partial charge on any atom is 0.338 e. The second-order valence-electron chi connectivity index (χ2n) is 7.78. The summed E-state index contributed by atoms with van der Waals surface area (Å²) in [6, 6.07) is 5.78. The first-order valence-corrected chi connectivity index (χ1v) is 11.9. The summed E-state index contributed by atoms with van der Waals surface area (Å²) in [6.45, 7) is 4.03. The molecule has 2 heterocycles. The molecule has 0 unspecified atom stereocenters. The fourth-order valence-electron chi connectivity index (χ4n) is 3.84. The molecule has 0 radical (unpaired) electrons. The van der Waals surface area contributed by atoms with Crippen LogP contribution in [0.3, 0.4) is 0 Å². The van der Waals surface area contributed by atoms with E-state index in [9.17, 15) is 18.0 Å². The van der Waals surface area contributed by atoms with E-state index in [2.05, 4.69) is 0 Å². The molecule has 0 bridgehead atoms. The van der Waals surface area contributed by atoms with Crippen LogP contribution in [0.25, 0.3) is 0 Å². The van der Waals surface area contributed by atoms with Gasteiger partial charge in [-0.3, -0.25) is 4.79 Å². The van der Waals surface area contributed by atoms with Gasteiger partial charge in [-0.1, -0.05) is 12.8 Å². The minimum Gasteiger partial charge on any atom is -0.449 e. The van der Waals surface area contributed by atoms with Crippen LogP contribution in [0.5, 0.6) is 0 Å². The number of esters is 1. The van der Waals surface area contributed by atoms with E-state index in [1.807, 2.05) is 0 Å². The van der Waals surface area contributed by atoms with Crippen molar-refractivity contribution < 1.29 is 22.7 Å². The Balaban J connectivity index is 1.62. The van der Waals surface area contributed by atoms with E-state index >= 15 is 0 Å². The highest BCUT2D eigenvalue weighted by molar-refractivity contribution is 7.89. The van der Waals surface area contributed by atoms with Gasteiger partial charge in [-0.2, -0.15) is 4.31 Å². The molecule has 0 aliphatic carbocycles. The number of carbonyl (C=O) groups excluding carboxylic acids is 2. The molecule has 8 heteroatoms. The number of carbonyl (C=O) groups is 2. The molecular formula is C21H30N2O5S. The lowest BCUT2D eigenvalue weighted by atomic mass is 10.1. The van der Waals surface area contributed by atoms with Gasteiger partial charge in [0, 0.05) is 26.2 Å². The van der Waals surface area contributed by atoms with Crippen molar-refractivity contribution in [3.05, 3.63) is 29.8 Å². The van der Waals surface area contributed by atoms with Crippen molar-refractivity contribution in [2.24, 2.45) is 0 Å². The topological polar surface area (TPSA) is 84.0 Å². The molecule has 2 aliphatic rings. The van der Waals surface area contributed by atoms with Crippen LogP contribution < -0.4 is 0 Å². The molecule has 0 spiro atoms. The lowest BCUT2D eigenvalue weighted by Crippen LogP contribution is -2.42. The highest BCUT2D eigenvalue weighted by Crippen LogP contribution is 2.21. The summed E-state index contributed by atoms with van der Waals surface area (Å²) < 4.78 is 32.5. The highest BCUT2D eigenvalue weighted by Gasteiger charge is 2.27. The Labute approximate surface area is 173 Å². The fourth-order valence-corrected chi connectivity index (χ4v) is 5.36. The van der Waals surface area contributed by atoms with Gasteiger partial charge >= 0.3 is 5.97 Å². The zero-order chi connectivity index (χ0) is 20.9. The number of nitrogens with zero attached hydrogens (tertiary/aromatic N) is 2. The van der Waals surface area contributed by atoms with E-state index < -0.39 is 22.1 Å². The Morgan fingerprint density at radius 2 is 1.38 bits per heavy atom. The average molecular weight is 423 g/mol. The van der Waals surface area contributed by atoms with Gasteiger partial charge < -0.3 is 9.64 Å². The molecule has 160 valence electrons. The maximum atomic E-state index is 12.8. The van der Waals surface area contributed by atoms with Gasteiger partial charge in [0.05, 0.1) is 10.5 Å². The van der Waals surface area contributed by atoms with Crippen molar-refractivity contribution in [2.45, 2.75) is 62.9 Å². The minimum atomic E-state index is -3.56. The van der Waals surface area contributed by atoms with E-state index in [-0.39, 0.29) is 16.4 Å². The summed E-state index contributed by atoms with van der Waals surface area (Å²) >= 11 is 0. The van der Waals surface area contributed by atoms with Gasteiger partial charge in [0.15, 0.2) is 6.10 Å². The predicted molar refractivity (Wildman–Crippen MR) is 109 cm³/mol. The number of hydrogen-bond donors (Lipinski definition) is 0. The van der Waals surface area contributed by atoms with Crippen LogP contribution in [-0.2, 0) is 19.6 Å². The van der Waals surface area contributed by atoms with Crippen LogP contribution in [-0.4, -0.2) is 61.8 Å². The number of rotatable bonds is 5. The van der Waals surface area contributed by atoms with E-state index in [1.54, 1.807) is 11.8 Å². The van der Waals surface area contributed by atoms with Gasteiger partial charge in [0.1, 0.15) is 0 Å². The van der Waals surface area contributed by atoms with Crippen LogP contribution in [0.2, 0.25) is 0 Å². The molecular weight excluding hydrogens is 392 g/mol. The third kappa shape index (κ3) is 5.36. The number of hydrogen-bond acceptors (Lipinski definition) is 5. The molecule has 2 saturated heterocycles. The smallest absolute Gasteiger partial charge is 0.338 e. The van der Waals surface area contributed by atoms with Crippen molar-refractivity contribution in [1.82, 2.24) is 9.21 Å². The molecule has 1 aromatic carbocycles. The zero-order valence-corrected chi connectivity index (χ0v) is 17.8. The molecule has 2 aliphatic heterocycles. The first-order chi connectivity index (χ1) is 13.9. The summed E-state index contributed by atoms with van der Waals surface area (Å²) in [5.74, 6) is -0.806. The first-order valence-electron chi connectivity index (χ1n) is 10.5. The predicted octanol–water partition coefficient (Wildman–Crippen LogP) is 2.81. The first kappa shape index (κ1) is 21.8. The molecule has 0 saturated carbocycles. The fraction of sp³-hybridized carbons (Fsp3) is 0.619. The minimum absolute atomic E-state index is 0.174. The van der Waals surface area contributed by atoms with E-state index in [4.69, 9.17) is 4.74 Å². The Hall–Kier alpha value is -1.93. The second-order valence-corrected chi connectivity index (χ2v) is 9.71. The number of amides is 1. The molecule has 2 fully saturated rings. The van der Waals surface area contributed by atoms with E-state index in [0.717, 1.165) is 44.9 Å². The number of benzene rings is 1. The van der Waals surface area contributed by atoms with Gasteiger partial charge in [-0.15, -0.1) is 0 Å². The standard InChI is InChI=1S/C21H30N2O5S/c1-17(20(24)22-13-5-4-6-14-22)28-21(25)18-9-11-19(12-10-18)29(26,27)23-15-7-2-3-8-16-23/h9-12,17H,2-8,13-16H2,1H3/t17-/m0/s1. The summed E-state index contributed by atoms with van der Waals surface area (Å²) in [5, 5.41) is 0. The van der Waals surface area contributed by atoms with Crippen LogP contribution in [0.15, 0.2) is 29.2 Å². The van der Waals surface area contributed by atoms with Crippen molar-refractivity contribution in [3.8, 4) is 0 Å². The maximum absolute atomic E-state index is 12.8. The average Bonchev–Trinajstić information content (AvgIpc) is 3.04.